The summed E-state index contributed by atoms with van der Waals surface area (Å²) >= 11 is 5.86. The van der Waals surface area contributed by atoms with E-state index in [2.05, 4.69) is 15.6 Å². The summed E-state index contributed by atoms with van der Waals surface area (Å²) in [6.07, 6.45) is 1.15. The number of nitrogens with one attached hydrogen (secondary N) is 2. The predicted octanol–water partition coefficient (Wildman–Crippen LogP) is 2.89. The van der Waals surface area contributed by atoms with Gasteiger partial charge in [-0.2, -0.15) is 0 Å². The average Bonchev–Trinajstić information content (AvgIpc) is 2.57. The summed E-state index contributed by atoms with van der Waals surface area (Å²) in [6.45, 7) is 0.791. The van der Waals surface area contributed by atoms with Crippen molar-refractivity contribution >= 4 is 27.4 Å². The van der Waals surface area contributed by atoms with Gasteiger partial charge in [-0.1, -0.05) is 29.8 Å². The first-order chi connectivity index (χ1) is 12.3. The Morgan fingerprint density at radius 3 is 2.35 bits per heavy atom. The summed E-state index contributed by atoms with van der Waals surface area (Å²) in [7, 11) is -1.59. The van der Waals surface area contributed by atoms with E-state index in [4.69, 9.17) is 11.6 Å². The highest BCUT2D eigenvalue weighted by Crippen LogP contribution is 2.14. The zero-order valence-electron chi connectivity index (χ0n) is 14.6. The molecule has 0 bridgehead atoms. The molecule has 0 saturated carbocycles. The predicted molar refractivity (Wildman–Crippen MR) is 103 cm³/mol. The maximum atomic E-state index is 13.6. The van der Waals surface area contributed by atoms with Gasteiger partial charge in [0.15, 0.2) is 15.8 Å². The van der Waals surface area contributed by atoms with Crippen molar-refractivity contribution in [3.05, 3.63) is 70.0 Å². The van der Waals surface area contributed by atoms with Crippen molar-refractivity contribution in [3.63, 3.8) is 0 Å². The van der Waals surface area contributed by atoms with Crippen LogP contribution >= 0.6 is 11.6 Å². The highest BCUT2D eigenvalue weighted by Gasteiger charge is 2.11. The Labute approximate surface area is 158 Å². The van der Waals surface area contributed by atoms with Gasteiger partial charge < -0.3 is 10.6 Å². The smallest absolute Gasteiger partial charge is 0.191 e. The van der Waals surface area contributed by atoms with E-state index in [-0.39, 0.29) is 12.3 Å². The number of hydrogen-bond donors (Lipinski definition) is 2. The molecule has 26 heavy (non-hydrogen) atoms. The number of rotatable bonds is 6. The lowest BCUT2D eigenvalue weighted by Crippen LogP contribution is -2.36. The Bertz CT molecular complexity index is 884. The number of aliphatic imine (C=N–C) groups is 1. The van der Waals surface area contributed by atoms with Crippen molar-refractivity contribution in [2.45, 2.75) is 18.8 Å². The first kappa shape index (κ1) is 20.2. The lowest BCUT2D eigenvalue weighted by Gasteiger charge is -2.14. The lowest BCUT2D eigenvalue weighted by molar-refractivity contribution is 0.599. The molecule has 0 radical (unpaired) electrons. The molecule has 8 heteroatoms. The second-order valence-corrected chi connectivity index (χ2v) is 8.47. The number of nitrogens with zero attached hydrogens (tertiary/aromatic N) is 1. The Morgan fingerprint density at radius 2 is 1.73 bits per heavy atom. The van der Waals surface area contributed by atoms with Gasteiger partial charge in [-0.15, -0.1) is 0 Å². The second-order valence-electron chi connectivity index (χ2n) is 5.89. The standard InChI is InChI=1S/C18H21ClFN3O2S/c1-21-18(22-10-13-3-6-16(19)7-4-13)23-11-15-9-17(20)8-5-14(15)12-26(2,24)25/h3-9H,10-12H2,1-2H3,(H2,21,22,23). The fourth-order valence-electron chi connectivity index (χ4n) is 2.37. The van der Waals surface area contributed by atoms with Crippen molar-refractivity contribution in [2.75, 3.05) is 13.3 Å². The van der Waals surface area contributed by atoms with E-state index >= 15 is 0 Å². The van der Waals surface area contributed by atoms with Crippen LogP contribution in [0.4, 0.5) is 4.39 Å². The van der Waals surface area contributed by atoms with E-state index in [0.717, 1.165) is 11.8 Å². The highest BCUT2D eigenvalue weighted by molar-refractivity contribution is 7.89. The molecule has 0 aliphatic heterocycles. The molecule has 0 unspecified atom stereocenters. The molecule has 0 saturated heterocycles. The van der Waals surface area contributed by atoms with Crippen LogP contribution in [0.1, 0.15) is 16.7 Å². The third-order valence-corrected chi connectivity index (χ3v) is 4.72. The maximum Gasteiger partial charge on any atom is 0.191 e. The van der Waals surface area contributed by atoms with E-state index in [1.54, 1.807) is 19.2 Å². The minimum absolute atomic E-state index is 0.138. The molecule has 0 aromatic heterocycles. The molecule has 0 atom stereocenters. The van der Waals surface area contributed by atoms with Crippen LogP contribution in [0.2, 0.25) is 5.02 Å². The van der Waals surface area contributed by atoms with E-state index in [1.807, 2.05) is 12.1 Å². The number of benzene rings is 2. The molecule has 0 amide bonds. The van der Waals surface area contributed by atoms with Gasteiger partial charge in [0.1, 0.15) is 5.82 Å². The Kier molecular flexibility index (Phi) is 6.99. The molecule has 0 aliphatic carbocycles. The Morgan fingerprint density at radius 1 is 1.08 bits per heavy atom. The van der Waals surface area contributed by atoms with Gasteiger partial charge in [0.05, 0.1) is 5.75 Å². The fraction of sp³-hybridized carbons (Fsp3) is 0.278. The molecular weight excluding hydrogens is 377 g/mol. The molecule has 2 rings (SSSR count). The van der Waals surface area contributed by atoms with E-state index in [9.17, 15) is 12.8 Å². The van der Waals surface area contributed by atoms with Crippen LogP contribution in [0.15, 0.2) is 47.5 Å². The summed E-state index contributed by atoms with van der Waals surface area (Å²) in [4.78, 5) is 4.12. The summed E-state index contributed by atoms with van der Waals surface area (Å²) in [5.41, 5.74) is 2.17. The Balaban J connectivity index is 2.01. The molecule has 2 aromatic carbocycles. The van der Waals surface area contributed by atoms with E-state index in [0.29, 0.717) is 28.7 Å². The van der Waals surface area contributed by atoms with Crippen LogP contribution < -0.4 is 10.6 Å². The largest absolute Gasteiger partial charge is 0.352 e. The molecule has 0 spiro atoms. The molecule has 2 N–H and O–H groups in total. The van der Waals surface area contributed by atoms with Gasteiger partial charge in [-0.3, -0.25) is 4.99 Å². The molecule has 0 fully saturated rings. The van der Waals surface area contributed by atoms with Crippen molar-refractivity contribution < 1.29 is 12.8 Å². The average molecular weight is 398 g/mol. The zero-order valence-corrected chi connectivity index (χ0v) is 16.2. The van der Waals surface area contributed by atoms with Crippen LogP contribution in [0.25, 0.3) is 0 Å². The number of sulfone groups is 1. The number of halogens is 2. The summed E-state index contributed by atoms with van der Waals surface area (Å²) in [5, 5.41) is 6.88. The number of guanidine groups is 1. The topological polar surface area (TPSA) is 70.6 Å². The summed E-state index contributed by atoms with van der Waals surface area (Å²) < 4.78 is 36.7. The van der Waals surface area contributed by atoms with Crippen molar-refractivity contribution in [1.29, 1.82) is 0 Å². The normalized spacial score (nSPS) is 12.1. The fourth-order valence-corrected chi connectivity index (χ4v) is 3.34. The first-order valence-electron chi connectivity index (χ1n) is 7.91. The summed E-state index contributed by atoms with van der Waals surface area (Å²) in [5.74, 6) is -0.0288. The van der Waals surface area contributed by atoms with Gasteiger partial charge in [-0.25, -0.2) is 12.8 Å². The zero-order chi connectivity index (χ0) is 19.2. The molecule has 0 aliphatic rings. The SMILES string of the molecule is CN=C(NCc1ccc(Cl)cc1)NCc1cc(F)ccc1CS(C)(=O)=O. The van der Waals surface area contributed by atoms with Gasteiger partial charge in [0.25, 0.3) is 0 Å². The Hall–Kier alpha value is -2.12. The van der Waals surface area contributed by atoms with Crippen molar-refractivity contribution in [3.8, 4) is 0 Å². The van der Waals surface area contributed by atoms with Crippen LogP contribution in [0.5, 0.6) is 0 Å². The van der Waals surface area contributed by atoms with Crippen LogP contribution in [0, 0.1) is 5.82 Å². The van der Waals surface area contributed by atoms with Gasteiger partial charge >= 0.3 is 0 Å². The van der Waals surface area contributed by atoms with E-state index in [1.165, 1.54) is 18.2 Å². The third-order valence-electron chi connectivity index (χ3n) is 3.63. The van der Waals surface area contributed by atoms with Gasteiger partial charge in [0, 0.05) is 31.4 Å². The minimum Gasteiger partial charge on any atom is -0.352 e. The van der Waals surface area contributed by atoms with Gasteiger partial charge in [0.2, 0.25) is 0 Å². The first-order valence-corrected chi connectivity index (χ1v) is 10.3. The van der Waals surface area contributed by atoms with Crippen LogP contribution in [0.3, 0.4) is 0 Å². The molecule has 5 nitrogen and oxygen atoms in total. The van der Waals surface area contributed by atoms with Crippen LogP contribution in [-0.4, -0.2) is 27.7 Å². The van der Waals surface area contributed by atoms with E-state index < -0.39 is 15.7 Å². The number of hydrogen-bond acceptors (Lipinski definition) is 3. The van der Waals surface area contributed by atoms with Crippen molar-refractivity contribution in [2.24, 2.45) is 4.99 Å². The highest BCUT2D eigenvalue weighted by atomic mass is 35.5. The monoisotopic (exact) mass is 397 g/mol. The quantitative estimate of drug-likeness (QED) is 0.580. The molecule has 2 aromatic rings. The minimum atomic E-state index is -3.21. The van der Waals surface area contributed by atoms with Crippen LogP contribution in [-0.2, 0) is 28.7 Å². The second kappa shape index (κ2) is 9.00. The van der Waals surface area contributed by atoms with Gasteiger partial charge in [-0.05, 0) is 41.0 Å². The lowest BCUT2D eigenvalue weighted by atomic mass is 10.1. The third kappa shape index (κ3) is 6.65. The maximum absolute atomic E-state index is 13.6. The van der Waals surface area contributed by atoms with Crippen molar-refractivity contribution in [1.82, 2.24) is 10.6 Å². The molecule has 0 heterocycles. The molecular formula is C18H21ClFN3O2S. The summed E-state index contributed by atoms with van der Waals surface area (Å²) in [6, 6.07) is 11.5. The molecule has 140 valence electrons.